The fourth-order valence-corrected chi connectivity index (χ4v) is 2.54. The lowest BCUT2D eigenvalue weighted by Crippen LogP contribution is -2.41. The Hall–Kier alpha value is -2.50. The van der Waals surface area contributed by atoms with Crippen molar-refractivity contribution >= 4 is 17.4 Å². The van der Waals surface area contributed by atoms with E-state index in [2.05, 4.69) is 25.4 Å². The van der Waals surface area contributed by atoms with E-state index < -0.39 is 0 Å². The van der Waals surface area contributed by atoms with E-state index in [0.29, 0.717) is 6.54 Å². The van der Waals surface area contributed by atoms with Gasteiger partial charge in [0.15, 0.2) is 5.82 Å². The first-order chi connectivity index (χ1) is 10.3. The molecule has 2 aromatic rings. The normalized spacial score (nSPS) is 18.3. The molecule has 108 valence electrons. The van der Waals surface area contributed by atoms with Gasteiger partial charge in [-0.1, -0.05) is 0 Å². The van der Waals surface area contributed by atoms with Crippen LogP contribution < -0.4 is 10.2 Å². The highest BCUT2D eigenvalue weighted by Gasteiger charge is 2.26. The summed E-state index contributed by atoms with van der Waals surface area (Å²) < 4.78 is 0. The van der Waals surface area contributed by atoms with Crippen LogP contribution in [0.1, 0.15) is 12.8 Å². The molecule has 1 amide bonds. The lowest BCUT2D eigenvalue weighted by molar-refractivity contribution is -0.120. The second-order valence-electron chi connectivity index (χ2n) is 5.10. The number of hydrogen-bond acceptors (Lipinski definition) is 5. The largest absolute Gasteiger partial charge is 0.354 e. The Morgan fingerprint density at radius 2 is 2.19 bits per heavy atom. The number of carbonyl (C=O) groups is 1. The number of nitrogens with one attached hydrogen (secondary N) is 1. The van der Waals surface area contributed by atoms with Crippen LogP contribution in [0, 0.1) is 5.92 Å². The van der Waals surface area contributed by atoms with Gasteiger partial charge in [0.2, 0.25) is 5.91 Å². The van der Waals surface area contributed by atoms with Crippen LogP contribution in [0.15, 0.2) is 42.9 Å². The molecule has 1 saturated heterocycles. The molecule has 3 rings (SSSR count). The van der Waals surface area contributed by atoms with E-state index in [1.165, 1.54) is 0 Å². The maximum Gasteiger partial charge on any atom is 0.229 e. The molecule has 0 spiro atoms. The molecule has 1 fully saturated rings. The van der Waals surface area contributed by atoms with Crippen molar-refractivity contribution in [2.24, 2.45) is 5.92 Å². The third kappa shape index (κ3) is 3.34. The van der Waals surface area contributed by atoms with Crippen molar-refractivity contribution in [3.05, 3.63) is 42.9 Å². The van der Waals surface area contributed by atoms with Gasteiger partial charge in [-0.25, -0.2) is 0 Å². The number of nitrogens with zero attached hydrogens (tertiary/aromatic N) is 4. The first-order valence-corrected chi connectivity index (χ1v) is 7.06. The monoisotopic (exact) mass is 283 g/mol. The van der Waals surface area contributed by atoms with Crippen molar-refractivity contribution in [3.63, 3.8) is 0 Å². The number of pyridine rings is 1. The molecule has 1 aliphatic rings. The molecule has 0 saturated carbocycles. The SMILES string of the molecule is O=C(Nc1cccnc1)C1CCCN(c2cccnn2)C1. The van der Waals surface area contributed by atoms with E-state index in [0.717, 1.165) is 30.9 Å². The molecule has 6 heteroatoms. The molecule has 0 bridgehead atoms. The summed E-state index contributed by atoms with van der Waals surface area (Å²) in [5, 5.41) is 10.9. The van der Waals surface area contributed by atoms with Gasteiger partial charge < -0.3 is 10.2 Å². The minimum absolute atomic E-state index is 0.0385. The van der Waals surface area contributed by atoms with Crippen LogP contribution in [0.4, 0.5) is 11.5 Å². The van der Waals surface area contributed by atoms with Crippen LogP contribution in [-0.2, 0) is 4.79 Å². The van der Waals surface area contributed by atoms with E-state index >= 15 is 0 Å². The van der Waals surface area contributed by atoms with E-state index in [-0.39, 0.29) is 11.8 Å². The van der Waals surface area contributed by atoms with Crippen molar-refractivity contribution < 1.29 is 4.79 Å². The summed E-state index contributed by atoms with van der Waals surface area (Å²) in [6, 6.07) is 7.44. The minimum atomic E-state index is -0.0408. The molecule has 1 N–H and O–H groups in total. The number of carbonyl (C=O) groups excluding carboxylic acids is 1. The summed E-state index contributed by atoms with van der Waals surface area (Å²) in [6.07, 6.45) is 6.86. The lowest BCUT2D eigenvalue weighted by Gasteiger charge is -2.32. The van der Waals surface area contributed by atoms with Gasteiger partial charge in [0.25, 0.3) is 0 Å². The first-order valence-electron chi connectivity index (χ1n) is 7.06. The smallest absolute Gasteiger partial charge is 0.229 e. The topological polar surface area (TPSA) is 71.0 Å². The van der Waals surface area contributed by atoms with Gasteiger partial charge >= 0.3 is 0 Å². The Labute approximate surface area is 123 Å². The van der Waals surface area contributed by atoms with Crippen LogP contribution in [-0.4, -0.2) is 34.2 Å². The maximum absolute atomic E-state index is 12.3. The zero-order valence-corrected chi connectivity index (χ0v) is 11.6. The molecule has 0 aromatic carbocycles. The number of aromatic nitrogens is 3. The van der Waals surface area contributed by atoms with Crippen molar-refractivity contribution in [2.45, 2.75) is 12.8 Å². The molecule has 1 unspecified atom stereocenters. The predicted octanol–water partition coefficient (Wildman–Crippen LogP) is 1.73. The highest BCUT2D eigenvalue weighted by Crippen LogP contribution is 2.22. The summed E-state index contributed by atoms with van der Waals surface area (Å²) in [5.41, 5.74) is 0.735. The third-order valence-electron chi connectivity index (χ3n) is 3.60. The van der Waals surface area contributed by atoms with E-state index in [1.54, 1.807) is 18.6 Å². The summed E-state index contributed by atoms with van der Waals surface area (Å²) in [6.45, 7) is 1.58. The first kappa shape index (κ1) is 13.5. The fourth-order valence-electron chi connectivity index (χ4n) is 2.54. The Bertz CT molecular complexity index is 590. The second-order valence-corrected chi connectivity index (χ2v) is 5.10. The van der Waals surface area contributed by atoms with Gasteiger partial charge in [-0.3, -0.25) is 9.78 Å². The molecule has 3 heterocycles. The Balaban J connectivity index is 1.64. The summed E-state index contributed by atoms with van der Waals surface area (Å²) in [5.74, 6) is 0.828. The minimum Gasteiger partial charge on any atom is -0.354 e. The fraction of sp³-hybridized carbons (Fsp3) is 0.333. The third-order valence-corrected chi connectivity index (χ3v) is 3.60. The van der Waals surface area contributed by atoms with Crippen molar-refractivity contribution in [3.8, 4) is 0 Å². The van der Waals surface area contributed by atoms with Gasteiger partial charge in [-0.2, -0.15) is 5.10 Å². The Kier molecular flexibility index (Phi) is 4.04. The van der Waals surface area contributed by atoms with Crippen LogP contribution in [0.25, 0.3) is 0 Å². The molecule has 2 aromatic heterocycles. The number of anilines is 2. The summed E-state index contributed by atoms with van der Waals surface area (Å²) in [7, 11) is 0. The quantitative estimate of drug-likeness (QED) is 0.928. The highest BCUT2D eigenvalue weighted by molar-refractivity contribution is 5.92. The molecule has 6 nitrogen and oxygen atoms in total. The molecule has 1 atom stereocenters. The molecule has 0 aliphatic carbocycles. The van der Waals surface area contributed by atoms with Gasteiger partial charge in [0.05, 0.1) is 17.8 Å². The molecule has 0 radical (unpaired) electrons. The Morgan fingerprint density at radius 1 is 1.29 bits per heavy atom. The van der Waals surface area contributed by atoms with E-state index in [4.69, 9.17) is 0 Å². The average Bonchev–Trinajstić information content (AvgIpc) is 2.57. The number of hydrogen-bond donors (Lipinski definition) is 1. The van der Waals surface area contributed by atoms with Crippen LogP contribution in [0.2, 0.25) is 0 Å². The van der Waals surface area contributed by atoms with Crippen molar-refractivity contribution in [2.75, 3.05) is 23.3 Å². The van der Waals surface area contributed by atoms with E-state index in [1.807, 2.05) is 24.3 Å². The van der Waals surface area contributed by atoms with Gasteiger partial charge in [-0.15, -0.1) is 5.10 Å². The molecule has 1 aliphatic heterocycles. The van der Waals surface area contributed by atoms with Gasteiger partial charge in [-0.05, 0) is 37.1 Å². The van der Waals surface area contributed by atoms with Crippen LogP contribution in [0.5, 0.6) is 0 Å². The predicted molar refractivity (Wildman–Crippen MR) is 79.8 cm³/mol. The molecular weight excluding hydrogens is 266 g/mol. The highest BCUT2D eigenvalue weighted by atomic mass is 16.1. The zero-order valence-electron chi connectivity index (χ0n) is 11.6. The molecule has 21 heavy (non-hydrogen) atoms. The van der Waals surface area contributed by atoms with Crippen molar-refractivity contribution in [1.82, 2.24) is 15.2 Å². The molecular formula is C15H17N5O. The maximum atomic E-state index is 12.3. The van der Waals surface area contributed by atoms with Gasteiger partial charge in [0.1, 0.15) is 0 Å². The number of piperidine rings is 1. The van der Waals surface area contributed by atoms with Crippen LogP contribution >= 0.6 is 0 Å². The van der Waals surface area contributed by atoms with Crippen LogP contribution in [0.3, 0.4) is 0 Å². The average molecular weight is 283 g/mol. The lowest BCUT2D eigenvalue weighted by atomic mass is 9.97. The summed E-state index contributed by atoms with van der Waals surface area (Å²) >= 11 is 0. The Morgan fingerprint density at radius 3 is 2.95 bits per heavy atom. The number of amides is 1. The summed E-state index contributed by atoms with van der Waals surface area (Å²) in [4.78, 5) is 18.5. The van der Waals surface area contributed by atoms with E-state index in [9.17, 15) is 4.79 Å². The van der Waals surface area contributed by atoms with Crippen molar-refractivity contribution in [1.29, 1.82) is 0 Å². The van der Waals surface area contributed by atoms with Gasteiger partial charge in [0, 0.05) is 25.5 Å². The second kappa shape index (κ2) is 6.30. The standard InChI is InChI=1S/C15H17N5O/c21-15(18-13-5-1-7-16-10-13)12-4-3-9-20(11-12)14-6-2-8-17-19-14/h1-2,5-8,10,12H,3-4,9,11H2,(H,18,21). The zero-order chi connectivity index (χ0) is 14.5. The number of rotatable bonds is 3.